The van der Waals surface area contributed by atoms with Gasteiger partial charge in [0.25, 0.3) is 0 Å². The molecule has 1 aromatic heterocycles. The lowest BCUT2D eigenvalue weighted by Crippen LogP contribution is -2.38. The summed E-state index contributed by atoms with van der Waals surface area (Å²) >= 11 is 0. The molecule has 7 heteroatoms. The molecule has 1 amide bonds. The number of hydrogen-bond acceptors (Lipinski definition) is 5. The van der Waals surface area contributed by atoms with E-state index in [1.165, 1.54) is 0 Å². The molecule has 1 heterocycles. The summed E-state index contributed by atoms with van der Waals surface area (Å²) in [6, 6.07) is 1.70. The maximum atomic E-state index is 11.8. The van der Waals surface area contributed by atoms with Crippen LogP contribution in [0.15, 0.2) is 18.5 Å². The molecule has 0 bridgehead atoms. The third-order valence-electron chi connectivity index (χ3n) is 2.90. The normalized spacial score (nSPS) is 11.7. The summed E-state index contributed by atoms with van der Waals surface area (Å²) in [4.78, 5) is 32.1. The first-order chi connectivity index (χ1) is 9.52. The van der Waals surface area contributed by atoms with Gasteiger partial charge in [-0.2, -0.15) is 0 Å². The maximum Gasteiger partial charge on any atom is 0.303 e. The predicted molar refractivity (Wildman–Crippen MR) is 74.3 cm³/mol. The largest absolute Gasteiger partial charge is 0.481 e. The van der Waals surface area contributed by atoms with Crippen molar-refractivity contribution in [3.05, 3.63) is 18.5 Å². The first kappa shape index (κ1) is 15.9. The van der Waals surface area contributed by atoms with Crippen LogP contribution in [-0.2, 0) is 9.59 Å². The van der Waals surface area contributed by atoms with Crippen LogP contribution < -0.4 is 10.2 Å². The van der Waals surface area contributed by atoms with Gasteiger partial charge in [-0.15, -0.1) is 0 Å². The molecular formula is C13H20N4O3. The highest BCUT2D eigenvalue weighted by Crippen LogP contribution is 2.06. The second kappa shape index (κ2) is 8.08. The van der Waals surface area contributed by atoms with Crippen LogP contribution in [0.5, 0.6) is 0 Å². The summed E-state index contributed by atoms with van der Waals surface area (Å²) in [6.07, 6.45) is 3.99. The van der Waals surface area contributed by atoms with Gasteiger partial charge in [-0.25, -0.2) is 9.97 Å². The Hall–Kier alpha value is -2.18. The fourth-order valence-electron chi connectivity index (χ4n) is 1.70. The number of amides is 1. The number of nitrogens with zero attached hydrogens (tertiary/aromatic N) is 3. The molecular weight excluding hydrogens is 260 g/mol. The molecule has 0 radical (unpaired) electrons. The number of carboxylic acids is 1. The Bertz CT molecular complexity index is 439. The Balaban J connectivity index is 2.38. The number of rotatable bonds is 8. The van der Waals surface area contributed by atoms with Crippen molar-refractivity contribution in [3.63, 3.8) is 0 Å². The van der Waals surface area contributed by atoms with E-state index in [2.05, 4.69) is 15.3 Å². The van der Waals surface area contributed by atoms with E-state index >= 15 is 0 Å². The number of anilines is 1. The van der Waals surface area contributed by atoms with Crippen LogP contribution in [0.3, 0.4) is 0 Å². The number of carboxylic acid groups (broad SMARTS) is 1. The SMILES string of the molecule is CCC(CNC(=O)CN(C)c1ncccn1)CC(=O)O. The lowest BCUT2D eigenvalue weighted by molar-refractivity contribution is -0.138. The van der Waals surface area contributed by atoms with Crippen LogP contribution in [0.25, 0.3) is 0 Å². The summed E-state index contributed by atoms with van der Waals surface area (Å²) < 4.78 is 0. The van der Waals surface area contributed by atoms with Crippen molar-refractivity contribution in [1.82, 2.24) is 15.3 Å². The molecule has 0 aliphatic rings. The number of aliphatic carboxylic acids is 1. The van der Waals surface area contributed by atoms with Crippen LogP contribution in [-0.4, -0.2) is 47.1 Å². The number of hydrogen-bond donors (Lipinski definition) is 2. The van der Waals surface area contributed by atoms with Gasteiger partial charge in [0.05, 0.1) is 6.54 Å². The second-order valence-electron chi connectivity index (χ2n) is 4.58. The topological polar surface area (TPSA) is 95.4 Å². The van der Waals surface area contributed by atoms with Gasteiger partial charge in [-0.3, -0.25) is 9.59 Å². The van der Waals surface area contributed by atoms with E-state index in [1.807, 2.05) is 6.92 Å². The van der Waals surface area contributed by atoms with Crippen molar-refractivity contribution in [3.8, 4) is 0 Å². The van der Waals surface area contributed by atoms with Crippen molar-refractivity contribution in [2.45, 2.75) is 19.8 Å². The average Bonchev–Trinajstić information content (AvgIpc) is 2.44. The highest BCUT2D eigenvalue weighted by atomic mass is 16.4. The van der Waals surface area contributed by atoms with Gasteiger partial charge in [0.15, 0.2) is 0 Å². The first-order valence-electron chi connectivity index (χ1n) is 6.49. The average molecular weight is 280 g/mol. The fourth-order valence-corrected chi connectivity index (χ4v) is 1.70. The van der Waals surface area contributed by atoms with E-state index in [9.17, 15) is 9.59 Å². The van der Waals surface area contributed by atoms with E-state index < -0.39 is 5.97 Å². The van der Waals surface area contributed by atoms with E-state index in [0.717, 1.165) is 0 Å². The monoisotopic (exact) mass is 280 g/mol. The van der Waals surface area contributed by atoms with Crippen molar-refractivity contribution in [2.75, 3.05) is 25.0 Å². The number of nitrogens with one attached hydrogen (secondary N) is 1. The Morgan fingerprint density at radius 2 is 2.05 bits per heavy atom. The van der Waals surface area contributed by atoms with E-state index in [4.69, 9.17) is 5.11 Å². The molecule has 1 rings (SSSR count). The lowest BCUT2D eigenvalue weighted by atomic mass is 10.0. The van der Waals surface area contributed by atoms with Crippen molar-refractivity contribution < 1.29 is 14.7 Å². The van der Waals surface area contributed by atoms with Gasteiger partial charge < -0.3 is 15.3 Å². The predicted octanol–water partition coefficient (Wildman–Crippen LogP) is 0.530. The molecule has 0 aromatic carbocycles. The smallest absolute Gasteiger partial charge is 0.303 e. The fraction of sp³-hybridized carbons (Fsp3) is 0.538. The van der Waals surface area contributed by atoms with Crippen LogP contribution in [0.4, 0.5) is 5.95 Å². The van der Waals surface area contributed by atoms with Crippen molar-refractivity contribution in [1.29, 1.82) is 0 Å². The molecule has 110 valence electrons. The summed E-state index contributed by atoms with van der Waals surface area (Å²) in [5.41, 5.74) is 0. The van der Waals surface area contributed by atoms with Crippen molar-refractivity contribution >= 4 is 17.8 Å². The zero-order valence-electron chi connectivity index (χ0n) is 11.7. The molecule has 7 nitrogen and oxygen atoms in total. The molecule has 2 N–H and O–H groups in total. The highest BCUT2D eigenvalue weighted by Gasteiger charge is 2.14. The third-order valence-corrected chi connectivity index (χ3v) is 2.90. The van der Waals surface area contributed by atoms with E-state index in [0.29, 0.717) is 18.9 Å². The summed E-state index contributed by atoms with van der Waals surface area (Å²) in [7, 11) is 1.73. The van der Waals surface area contributed by atoms with Gasteiger partial charge in [0.2, 0.25) is 11.9 Å². The third kappa shape index (κ3) is 5.64. The number of carbonyl (C=O) groups is 2. The number of likely N-dealkylation sites (N-methyl/N-ethyl adjacent to an activating group) is 1. The zero-order chi connectivity index (χ0) is 15.0. The van der Waals surface area contributed by atoms with Gasteiger partial charge >= 0.3 is 5.97 Å². The van der Waals surface area contributed by atoms with Crippen molar-refractivity contribution in [2.24, 2.45) is 5.92 Å². The van der Waals surface area contributed by atoms with Crippen LogP contribution in [0.1, 0.15) is 19.8 Å². The zero-order valence-corrected chi connectivity index (χ0v) is 11.7. The molecule has 0 fully saturated rings. The first-order valence-corrected chi connectivity index (χ1v) is 6.49. The second-order valence-corrected chi connectivity index (χ2v) is 4.58. The number of carbonyl (C=O) groups excluding carboxylic acids is 1. The molecule has 0 saturated heterocycles. The van der Waals surface area contributed by atoms with E-state index in [1.54, 1.807) is 30.4 Å². The minimum atomic E-state index is -0.846. The molecule has 1 unspecified atom stereocenters. The molecule has 1 aromatic rings. The number of aromatic nitrogens is 2. The lowest BCUT2D eigenvalue weighted by Gasteiger charge is -2.18. The van der Waals surface area contributed by atoms with Gasteiger partial charge in [0.1, 0.15) is 0 Å². The van der Waals surface area contributed by atoms with Gasteiger partial charge in [-0.1, -0.05) is 13.3 Å². The molecule has 0 saturated carbocycles. The Kier molecular flexibility index (Phi) is 6.42. The molecule has 1 atom stereocenters. The van der Waals surface area contributed by atoms with Crippen LogP contribution in [0.2, 0.25) is 0 Å². The summed E-state index contributed by atoms with van der Waals surface area (Å²) in [5, 5.41) is 11.5. The van der Waals surface area contributed by atoms with Crippen LogP contribution >= 0.6 is 0 Å². The quantitative estimate of drug-likeness (QED) is 0.721. The van der Waals surface area contributed by atoms with Gasteiger partial charge in [0, 0.05) is 32.4 Å². The molecule has 0 aliphatic carbocycles. The Labute approximate surface area is 118 Å². The Morgan fingerprint density at radius 3 is 2.60 bits per heavy atom. The van der Waals surface area contributed by atoms with Gasteiger partial charge in [-0.05, 0) is 12.0 Å². The van der Waals surface area contributed by atoms with E-state index in [-0.39, 0.29) is 24.8 Å². The standard InChI is InChI=1S/C13H20N4O3/c1-3-10(7-12(19)20)8-16-11(18)9-17(2)13-14-5-4-6-15-13/h4-6,10H,3,7-9H2,1-2H3,(H,16,18)(H,19,20). The molecule has 0 spiro atoms. The minimum Gasteiger partial charge on any atom is -0.481 e. The maximum absolute atomic E-state index is 11.8. The Morgan fingerprint density at radius 1 is 1.40 bits per heavy atom. The summed E-state index contributed by atoms with van der Waals surface area (Å²) in [5.74, 6) is -0.598. The minimum absolute atomic E-state index is 0.0465. The highest BCUT2D eigenvalue weighted by molar-refractivity contribution is 5.80. The molecule has 20 heavy (non-hydrogen) atoms. The summed E-state index contributed by atoms with van der Waals surface area (Å²) in [6.45, 7) is 2.41. The van der Waals surface area contributed by atoms with Crippen LogP contribution in [0, 0.1) is 5.92 Å². The molecule has 0 aliphatic heterocycles.